The summed E-state index contributed by atoms with van der Waals surface area (Å²) >= 11 is 0. The Morgan fingerprint density at radius 3 is 2.22 bits per heavy atom. The molecule has 0 saturated carbocycles. The Morgan fingerprint density at radius 2 is 1.78 bits per heavy atom. The van der Waals surface area contributed by atoms with E-state index in [0.717, 1.165) is 6.08 Å². The molecule has 0 fully saturated rings. The fraction of sp³-hybridized carbons (Fsp3) is 0.312. The largest absolute Gasteiger partial charge is 0.479 e. The molecule has 0 heterocycles. The van der Waals surface area contributed by atoms with Gasteiger partial charge in [-0.2, -0.15) is 0 Å². The lowest BCUT2D eigenvalue weighted by molar-refractivity contribution is -0.139. The van der Waals surface area contributed by atoms with Crippen LogP contribution in [0.1, 0.15) is 32.4 Å². The average Bonchev–Trinajstić information content (AvgIpc) is 2.43. The Hall–Kier alpha value is -2.83. The second-order valence-electron chi connectivity index (χ2n) is 5.73. The quantitative estimate of drug-likeness (QED) is 0.723. The third kappa shape index (κ3) is 6.21. The molecular weight excluding hydrogens is 300 g/mol. The van der Waals surface area contributed by atoms with Gasteiger partial charge < -0.3 is 20.5 Å². The Kier molecular flexibility index (Phi) is 5.89. The van der Waals surface area contributed by atoms with Gasteiger partial charge in [-0.25, -0.2) is 9.59 Å². The lowest BCUT2D eigenvalue weighted by Crippen LogP contribution is -2.38. The molecule has 0 aliphatic carbocycles. The topological polar surface area (TPSA) is 105 Å². The van der Waals surface area contributed by atoms with Crippen molar-refractivity contribution in [3.63, 3.8) is 0 Å². The fourth-order valence-corrected chi connectivity index (χ4v) is 1.67. The van der Waals surface area contributed by atoms with Gasteiger partial charge in [0.2, 0.25) is 5.91 Å². The first-order valence-corrected chi connectivity index (χ1v) is 6.88. The maximum Gasteiger partial charge on any atom is 0.408 e. The number of carboxylic acids is 1. The van der Waals surface area contributed by atoms with Crippen molar-refractivity contribution < 1.29 is 24.2 Å². The van der Waals surface area contributed by atoms with Crippen molar-refractivity contribution in [1.82, 2.24) is 5.32 Å². The van der Waals surface area contributed by atoms with Crippen LogP contribution in [0, 0.1) is 0 Å². The Balaban J connectivity index is 2.85. The highest BCUT2D eigenvalue weighted by molar-refractivity contribution is 5.98. The Morgan fingerprint density at radius 1 is 1.22 bits per heavy atom. The van der Waals surface area contributed by atoms with E-state index in [4.69, 9.17) is 4.74 Å². The summed E-state index contributed by atoms with van der Waals surface area (Å²) < 4.78 is 5.05. The van der Waals surface area contributed by atoms with Crippen LogP contribution in [0.3, 0.4) is 0 Å². The minimum absolute atomic E-state index is 0.347. The monoisotopic (exact) mass is 320 g/mol. The molecule has 7 heteroatoms. The number of alkyl carbamates (subject to hydrolysis) is 1. The van der Waals surface area contributed by atoms with Gasteiger partial charge in [-0.3, -0.25) is 4.79 Å². The second-order valence-corrected chi connectivity index (χ2v) is 5.73. The van der Waals surface area contributed by atoms with E-state index in [1.807, 2.05) is 0 Å². The predicted molar refractivity (Wildman–Crippen MR) is 85.0 cm³/mol. The molecule has 0 spiro atoms. The maximum atomic E-state index is 11.7. The summed E-state index contributed by atoms with van der Waals surface area (Å²) in [6, 6.07) is 4.80. The zero-order valence-corrected chi connectivity index (χ0v) is 13.3. The molecule has 1 aromatic carbocycles. The molecular formula is C16H20N2O5. The van der Waals surface area contributed by atoms with Crippen molar-refractivity contribution in [2.45, 2.75) is 32.4 Å². The number of aliphatic carboxylic acids is 1. The highest BCUT2D eigenvalue weighted by Crippen LogP contribution is 2.18. The van der Waals surface area contributed by atoms with Crippen LogP contribution < -0.4 is 10.6 Å². The standard InChI is InChI=1S/C16H20N2O5/c1-5-12(19)17-11-8-6-10(7-9-11)13(14(20)21)18-15(22)23-16(2,3)4/h5-9,13H,1H2,2-4H3,(H,17,19)(H,18,22)(H,20,21). The molecule has 23 heavy (non-hydrogen) atoms. The molecule has 0 radical (unpaired) electrons. The summed E-state index contributed by atoms with van der Waals surface area (Å²) in [6.45, 7) is 8.38. The number of hydrogen-bond acceptors (Lipinski definition) is 4. The van der Waals surface area contributed by atoms with Crippen molar-refractivity contribution >= 4 is 23.7 Å². The van der Waals surface area contributed by atoms with Crippen LogP contribution in [0.15, 0.2) is 36.9 Å². The van der Waals surface area contributed by atoms with E-state index in [-0.39, 0.29) is 5.91 Å². The fourth-order valence-electron chi connectivity index (χ4n) is 1.67. The van der Waals surface area contributed by atoms with Crippen LogP contribution in [0.25, 0.3) is 0 Å². The minimum atomic E-state index is -1.26. The zero-order chi connectivity index (χ0) is 17.6. The molecule has 0 saturated heterocycles. The molecule has 124 valence electrons. The van der Waals surface area contributed by atoms with Crippen molar-refractivity contribution in [1.29, 1.82) is 0 Å². The van der Waals surface area contributed by atoms with Gasteiger partial charge in [-0.1, -0.05) is 18.7 Å². The van der Waals surface area contributed by atoms with Crippen LogP contribution in [0.2, 0.25) is 0 Å². The van der Waals surface area contributed by atoms with E-state index in [2.05, 4.69) is 17.2 Å². The van der Waals surface area contributed by atoms with Crippen LogP contribution in [0.4, 0.5) is 10.5 Å². The van der Waals surface area contributed by atoms with Crippen molar-refractivity contribution in [3.8, 4) is 0 Å². The summed E-state index contributed by atoms with van der Waals surface area (Å²) in [5.41, 5.74) is 0.103. The van der Waals surface area contributed by atoms with Crippen LogP contribution in [-0.4, -0.2) is 28.7 Å². The number of rotatable bonds is 5. The molecule has 1 aromatic rings. The second kappa shape index (κ2) is 7.44. The third-order valence-corrected chi connectivity index (χ3v) is 2.60. The lowest BCUT2D eigenvalue weighted by Gasteiger charge is -2.22. The van der Waals surface area contributed by atoms with Crippen molar-refractivity contribution in [3.05, 3.63) is 42.5 Å². The third-order valence-electron chi connectivity index (χ3n) is 2.60. The maximum absolute atomic E-state index is 11.7. The first-order valence-electron chi connectivity index (χ1n) is 6.88. The number of carboxylic acid groups (broad SMARTS) is 1. The van der Waals surface area contributed by atoms with Crippen molar-refractivity contribution in [2.75, 3.05) is 5.32 Å². The number of benzene rings is 1. The normalized spacial score (nSPS) is 12.0. The number of amides is 2. The van der Waals surface area contributed by atoms with Gasteiger partial charge in [0.05, 0.1) is 0 Å². The Labute approximate surface area is 134 Å². The van der Waals surface area contributed by atoms with E-state index in [0.29, 0.717) is 11.3 Å². The number of hydrogen-bond donors (Lipinski definition) is 3. The first-order chi connectivity index (χ1) is 10.6. The van der Waals surface area contributed by atoms with E-state index in [9.17, 15) is 19.5 Å². The molecule has 0 aliphatic rings. The van der Waals surface area contributed by atoms with Crippen LogP contribution in [0.5, 0.6) is 0 Å². The molecule has 1 rings (SSSR count). The first kappa shape index (κ1) is 18.2. The molecule has 0 bridgehead atoms. The van der Waals surface area contributed by atoms with Crippen LogP contribution >= 0.6 is 0 Å². The number of carbonyl (C=O) groups is 3. The number of anilines is 1. The summed E-state index contributed by atoms with van der Waals surface area (Å²) in [7, 11) is 0. The lowest BCUT2D eigenvalue weighted by atomic mass is 10.1. The predicted octanol–water partition coefficient (Wildman–Crippen LogP) is 2.46. The summed E-state index contributed by atoms with van der Waals surface area (Å²) in [5.74, 6) is -1.60. The molecule has 7 nitrogen and oxygen atoms in total. The molecule has 1 atom stereocenters. The summed E-state index contributed by atoms with van der Waals surface area (Å²) in [4.78, 5) is 34.3. The highest BCUT2D eigenvalue weighted by atomic mass is 16.6. The van der Waals surface area contributed by atoms with E-state index < -0.39 is 23.7 Å². The summed E-state index contributed by atoms with van der Waals surface area (Å²) in [5, 5.41) is 14.1. The average molecular weight is 320 g/mol. The molecule has 2 amide bonds. The van der Waals surface area contributed by atoms with Gasteiger partial charge in [0.15, 0.2) is 6.04 Å². The van der Waals surface area contributed by atoms with Gasteiger partial charge in [0.25, 0.3) is 0 Å². The number of carbonyl (C=O) groups excluding carboxylic acids is 2. The van der Waals surface area contributed by atoms with E-state index in [1.165, 1.54) is 24.3 Å². The molecule has 0 aliphatic heterocycles. The van der Waals surface area contributed by atoms with Gasteiger partial charge in [0, 0.05) is 5.69 Å². The van der Waals surface area contributed by atoms with Gasteiger partial charge in [0.1, 0.15) is 5.60 Å². The van der Waals surface area contributed by atoms with Crippen LogP contribution in [-0.2, 0) is 14.3 Å². The number of nitrogens with one attached hydrogen (secondary N) is 2. The smallest absolute Gasteiger partial charge is 0.408 e. The van der Waals surface area contributed by atoms with Gasteiger partial charge in [-0.15, -0.1) is 0 Å². The highest BCUT2D eigenvalue weighted by Gasteiger charge is 2.25. The molecule has 0 aromatic heterocycles. The van der Waals surface area contributed by atoms with E-state index in [1.54, 1.807) is 20.8 Å². The van der Waals surface area contributed by atoms with E-state index >= 15 is 0 Å². The summed E-state index contributed by atoms with van der Waals surface area (Å²) in [6.07, 6.45) is 0.298. The van der Waals surface area contributed by atoms with Gasteiger partial charge >= 0.3 is 12.1 Å². The minimum Gasteiger partial charge on any atom is -0.479 e. The molecule has 1 unspecified atom stereocenters. The van der Waals surface area contributed by atoms with Crippen molar-refractivity contribution in [2.24, 2.45) is 0 Å². The number of ether oxygens (including phenoxy) is 1. The molecule has 3 N–H and O–H groups in total. The Bertz CT molecular complexity index is 602. The zero-order valence-electron chi connectivity index (χ0n) is 13.3. The van der Waals surface area contributed by atoms with Gasteiger partial charge in [-0.05, 0) is 44.5 Å². The SMILES string of the molecule is C=CC(=O)Nc1ccc(C(NC(=O)OC(C)(C)C)C(=O)O)cc1.